The molecule has 1 aliphatic rings. The first kappa shape index (κ1) is 12.6. The lowest BCUT2D eigenvalue weighted by Gasteiger charge is -2.09. The summed E-state index contributed by atoms with van der Waals surface area (Å²) in [5, 5.41) is 2.57. The molecule has 0 radical (unpaired) electrons. The minimum atomic E-state index is -0.355. The second kappa shape index (κ2) is 4.60. The first-order valence-corrected chi connectivity index (χ1v) is 6.58. The van der Waals surface area contributed by atoms with Gasteiger partial charge in [-0.1, -0.05) is 42.5 Å². The lowest BCUT2D eigenvalue weighted by atomic mass is 9.99. The maximum absolute atomic E-state index is 5.46. The molecule has 0 aromatic heterocycles. The van der Waals surface area contributed by atoms with E-state index in [2.05, 4.69) is 42.5 Å². The monoisotopic (exact) mass is 257 g/mol. The molecule has 100 valence electrons. The normalized spacial score (nSPS) is 29.6. The van der Waals surface area contributed by atoms with Crippen molar-refractivity contribution < 1.29 is 9.57 Å². The lowest BCUT2D eigenvalue weighted by Crippen LogP contribution is -2.21. The average Bonchev–Trinajstić information content (AvgIpc) is 3.03. The molecule has 0 aliphatic heterocycles. The Balaban J connectivity index is 1.91. The predicted molar refractivity (Wildman–Crippen MR) is 75.6 cm³/mol. The number of nitrogens with two attached hydrogens (primary N) is 1. The molecule has 2 aromatic rings. The minimum Gasteiger partial charge on any atom is -0.378 e. The molecule has 2 N–H and O–H groups in total. The minimum absolute atomic E-state index is 0.0801. The van der Waals surface area contributed by atoms with Gasteiger partial charge in [-0.15, -0.1) is 0 Å². The number of fused-ring (bicyclic) bond motifs is 1. The zero-order valence-corrected chi connectivity index (χ0v) is 11.3. The molecule has 1 fully saturated rings. The fraction of sp³-hybridized carbons (Fsp3) is 0.375. The summed E-state index contributed by atoms with van der Waals surface area (Å²) in [6.45, 7) is 2.01. The third-order valence-electron chi connectivity index (χ3n) is 4.39. The van der Waals surface area contributed by atoms with E-state index < -0.39 is 0 Å². The molecule has 1 aliphatic carbocycles. The van der Waals surface area contributed by atoms with Crippen LogP contribution >= 0.6 is 0 Å². The van der Waals surface area contributed by atoms with Crippen LogP contribution in [-0.2, 0) is 16.0 Å². The summed E-state index contributed by atoms with van der Waals surface area (Å²) in [7, 11) is 1.71. The highest BCUT2D eigenvalue weighted by molar-refractivity contribution is 5.85. The standard InChI is InChI=1S/C16H19NO2/c1-16(19-17)14(15(16)18-2)10-12-8-5-7-11-6-3-4-9-13(11)12/h3-9,14-15H,10,17H2,1-2H3/t14?,15-,16+/m0/s1. The van der Waals surface area contributed by atoms with Gasteiger partial charge in [-0.05, 0) is 29.7 Å². The average molecular weight is 257 g/mol. The molecule has 1 unspecified atom stereocenters. The molecular weight excluding hydrogens is 238 g/mol. The maximum atomic E-state index is 5.46. The van der Waals surface area contributed by atoms with E-state index in [-0.39, 0.29) is 11.7 Å². The topological polar surface area (TPSA) is 44.5 Å². The fourth-order valence-electron chi connectivity index (χ4n) is 3.10. The van der Waals surface area contributed by atoms with Gasteiger partial charge in [-0.2, -0.15) is 0 Å². The SMILES string of the molecule is CO[C@H]1C(Cc2cccc3ccccc23)[C@@]1(C)ON. The van der Waals surface area contributed by atoms with Crippen molar-refractivity contribution in [1.82, 2.24) is 0 Å². The van der Waals surface area contributed by atoms with Crippen molar-refractivity contribution in [3.8, 4) is 0 Å². The van der Waals surface area contributed by atoms with Crippen LogP contribution in [-0.4, -0.2) is 18.8 Å². The number of ether oxygens (including phenoxy) is 1. The number of rotatable bonds is 4. The van der Waals surface area contributed by atoms with Gasteiger partial charge < -0.3 is 4.74 Å². The third kappa shape index (κ3) is 1.94. The Labute approximate surface area is 113 Å². The summed E-state index contributed by atoms with van der Waals surface area (Å²) in [6, 6.07) is 14.8. The number of hydrogen-bond acceptors (Lipinski definition) is 3. The van der Waals surface area contributed by atoms with E-state index in [1.807, 2.05) is 6.92 Å². The zero-order valence-electron chi connectivity index (χ0n) is 11.3. The maximum Gasteiger partial charge on any atom is 0.119 e. The predicted octanol–water partition coefficient (Wildman–Crippen LogP) is 2.68. The molecule has 3 nitrogen and oxygen atoms in total. The summed E-state index contributed by atoms with van der Waals surface area (Å²) < 4.78 is 5.46. The molecule has 0 bridgehead atoms. The lowest BCUT2D eigenvalue weighted by molar-refractivity contribution is -0.00328. The van der Waals surface area contributed by atoms with E-state index in [0.29, 0.717) is 5.92 Å². The molecule has 1 saturated carbocycles. The molecular formula is C16H19NO2. The number of methoxy groups -OCH3 is 1. The van der Waals surface area contributed by atoms with Crippen molar-refractivity contribution in [2.45, 2.75) is 25.0 Å². The summed E-state index contributed by atoms with van der Waals surface area (Å²) in [5.74, 6) is 5.72. The summed E-state index contributed by atoms with van der Waals surface area (Å²) in [5.41, 5.74) is 0.969. The van der Waals surface area contributed by atoms with E-state index in [0.717, 1.165) is 6.42 Å². The Morgan fingerprint density at radius 1 is 1.16 bits per heavy atom. The van der Waals surface area contributed by atoms with Crippen LogP contribution in [0.2, 0.25) is 0 Å². The number of benzene rings is 2. The van der Waals surface area contributed by atoms with Gasteiger partial charge in [0.05, 0.1) is 6.10 Å². The first-order valence-electron chi connectivity index (χ1n) is 6.58. The van der Waals surface area contributed by atoms with E-state index in [1.54, 1.807) is 7.11 Å². The molecule has 0 saturated heterocycles. The Bertz CT molecular complexity index is 593. The van der Waals surface area contributed by atoms with Gasteiger partial charge in [0, 0.05) is 13.0 Å². The zero-order chi connectivity index (χ0) is 13.5. The molecule has 3 heteroatoms. The fourth-order valence-corrected chi connectivity index (χ4v) is 3.10. The van der Waals surface area contributed by atoms with Gasteiger partial charge in [0.15, 0.2) is 0 Å². The van der Waals surface area contributed by atoms with Crippen LogP contribution in [0.3, 0.4) is 0 Å². The van der Waals surface area contributed by atoms with Crippen LogP contribution in [0, 0.1) is 5.92 Å². The molecule has 2 aromatic carbocycles. The van der Waals surface area contributed by atoms with Crippen molar-refractivity contribution in [2.24, 2.45) is 11.8 Å². The van der Waals surface area contributed by atoms with E-state index >= 15 is 0 Å². The third-order valence-corrected chi connectivity index (χ3v) is 4.39. The van der Waals surface area contributed by atoms with Crippen molar-refractivity contribution in [2.75, 3.05) is 7.11 Å². The van der Waals surface area contributed by atoms with Gasteiger partial charge in [-0.25, -0.2) is 5.90 Å². The Morgan fingerprint density at radius 2 is 1.89 bits per heavy atom. The summed E-state index contributed by atoms with van der Waals surface area (Å²) >= 11 is 0. The van der Waals surface area contributed by atoms with E-state index in [1.165, 1.54) is 16.3 Å². The van der Waals surface area contributed by atoms with Gasteiger partial charge in [0.2, 0.25) is 0 Å². The van der Waals surface area contributed by atoms with E-state index in [9.17, 15) is 0 Å². The molecule has 19 heavy (non-hydrogen) atoms. The molecule has 0 spiro atoms. The Morgan fingerprint density at radius 3 is 2.58 bits per heavy atom. The van der Waals surface area contributed by atoms with Gasteiger partial charge in [0.25, 0.3) is 0 Å². The highest BCUT2D eigenvalue weighted by Crippen LogP contribution is 2.50. The first-order chi connectivity index (χ1) is 9.20. The van der Waals surface area contributed by atoms with Crippen LogP contribution in [0.25, 0.3) is 10.8 Å². The molecule has 3 atom stereocenters. The van der Waals surface area contributed by atoms with Crippen molar-refractivity contribution in [1.29, 1.82) is 0 Å². The van der Waals surface area contributed by atoms with Crippen LogP contribution in [0.5, 0.6) is 0 Å². The van der Waals surface area contributed by atoms with Gasteiger partial charge >= 0.3 is 0 Å². The molecule has 0 heterocycles. The van der Waals surface area contributed by atoms with Crippen LogP contribution < -0.4 is 5.90 Å². The van der Waals surface area contributed by atoms with Crippen molar-refractivity contribution in [3.63, 3.8) is 0 Å². The molecule has 3 rings (SSSR count). The van der Waals surface area contributed by atoms with Crippen LogP contribution in [0.15, 0.2) is 42.5 Å². The second-order valence-corrected chi connectivity index (χ2v) is 5.41. The van der Waals surface area contributed by atoms with Crippen molar-refractivity contribution >= 4 is 10.8 Å². The van der Waals surface area contributed by atoms with E-state index in [4.69, 9.17) is 15.5 Å². The highest BCUT2D eigenvalue weighted by atomic mass is 16.7. The van der Waals surface area contributed by atoms with Crippen LogP contribution in [0.1, 0.15) is 12.5 Å². The van der Waals surface area contributed by atoms with Crippen LogP contribution in [0.4, 0.5) is 0 Å². The Kier molecular flexibility index (Phi) is 3.05. The quantitative estimate of drug-likeness (QED) is 0.856. The largest absolute Gasteiger partial charge is 0.378 e. The Hall–Kier alpha value is -1.42. The highest BCUT2D eigenvalue weighted by Gasteiger charge is 2.63. The summed E-state index contributed by atoms with van der Waals surface area (Å²) in [6.07, 6.45) is 1.00. The van der Waals surface area contributed by atoms with Gasteiger partial charge in [0.1, 0.15) is 5.60 Å². The molecule has 0 amide bonds. The second-order valence-electron chi connectivity index (χ2n) is 5.41. The van der Waals surface area contributed by atoms with Crippen molar-refractivity contribution in [3.05, 3.63) is 48.0 Å². The number of hydrogen-bond donors (Lipinski definition) is 1. The summed E-state index contributed by atoms with van der Waals surface area (Å²) in [4.78, 5) is 5.12. The smallest absolute Gasteiger partial charge is 0.119 e. The van der Waals surface area contributed by atoms with Gasteiger partial charge in [-0.3, -0.25) is 4.84 Å².